The lowest BCUT2D eigenvalue weighted by molar-refractivity contribution is -0.117. The number of nitrogens with zero attached hydrogens (tertiary/aromatic N) is 1. The summed E-state index contributed by atoms with van der Waals surface area (Å²) in [7, 11) is 0. The van der Waals surface area contributed by atoms with Crippen molar-refractivity contribution in [2.75, 3.05) is 0 Å². The molecule has 0 aliphatic rings. The van der Waals surface area contributed by atoms with Crippen molar-refractivity contribution in [3.63, 3.8) is 0 Å². The zero-order chi connectivity index (χ0) is 11.5. The van der Waals surface area contributed by atoms with E-state index in [2.05, 4.69) is 22.4 Å². The van der Waals surface area contributed by atoms with Gasteiger partial charge in [0.2, 0.25) is 0 Å². The number of hydrazine groups is 1. The molecule has 0 aromatic carbocycles. The maximum Gasteiger partial charge on any atom is 0.263 e. The number of carbonyl (C=O) groups excluding carboxylic acids is 1. The van der Waals surface area contributed by atoms with Crippen LogP contribution in [0.4, 0.5) is 0 Å². The first-order chi connectivity index (χ1) is 7.24. The normalized spacial score (nSPS) is 11.9. The zero-order valence-corrected chi connectivity index (χ0v) is 8.73. The third-order valence-corrected chi connectivity index (χ3v) is 1.28. The second-order valence-corrected chi connectivity index (χ2v) is 2.48. The van der Waals surface area contributed by atoms with Crippen molar-refractivity contribution < 1.29 is 4.79 Å². The molecule has 0 heterocycles. The fraction of sp³-hybridized carbons (Fsp3) is 0.200. The molecular formula is C10H16N4O. The number of hydrogen-bond donors (Lipinski definition) is 3. The van der Waals surface area contributed by atoms with Crippen LogP contribution in [0.25, 0.3) is 0 Å². The highest BCUT2D eigenvalue weighted by atomic mass is 16.2. The van der Waals surface area contributed by atoms with E-state index in [0.29, 0.717) is 5.82 Å². The lowest BCUT2D eigenvalue weighted by Crippen LogP contribution is -2.35. The van der Waals surface area contributed by atoms with Crippen molar-refractivity contribution in [3.8, 4) is 0 Å². The summed E-state index contributed by atoms with van der Waals surface area (Å²) in [5.74, 6) is 0.212. The molecule has 0 bridgehead atoms. The van der Waals surface area contributed by atoms with Crippen LogP contribution >= 0.6 is 0 Å². The fourth-order valence-corrected chi connectivity index (χ4v) is 0.717. The van der Waals surface area contributed by atoms with Gasteiger partial charge in [-0.2, -0.15) is 0 Å². The molecule has 15 heavy (non-hydrogen) atoms. The Morgan fingerprint density at radius 2 is 2.27 bits per heavy atom. The molecule has 1 amide bonds. The Bertz CT molecular complexity index is 292. The Morgan fingerprint density at radius 3 is 2.80 bits per heavy atom. The summed E-state index contributed by atoms with van der Waals surface area (Å²) in [4.78, 5) is 15.0. The van der Waals surface area contributed by atoms with Gasteiger partial charge in [-0.15, -0.1) is 0 Å². The Hall–Kier alpha value is -2.04. The number of amides is 1. The summed E-state index contributed by atoms with van der Waals surface area (Å²) >= 11 is 0. The van der Waals surface area contributed by atoms with Crippen molar-refractivity contribution in [1.82, 2.24) is 10.9 Å². The van der Waals surface area contributed by atoms with Crippen LogP contribution in [0, 0.1) is 0 Å². The number of nitrogens with one attached hydrogen (secondary N) is 2. The van der Waals surface area contributed by atoms with E-state index in [9.17, 15) is 4.79 Å². The average molecular weight is 208 g/mol. The number of rotatable bonds is 6. The number of nitrogens with two attached hydrogens (primary N) is 1. The Morgan fingerprint density at radius 1 is 1.53 bits per heavy atom. The molecule has 0 saturated heterocycles. The minimum absolute atomic E-state index is 0.340. The molecule has 0 fully saturated rings. The van der Waals surface area contributed by atoms with Crippen LogP contribution in [-0.2, 0) is 4.79 Å². The van der Waals surface area contributed by atoms with Crippen molar-refractivity contribution >= 4 is 12.1 Å². The first kappa shape index (κ1) is 13.0. The molecule has 0 radical (unpaired) electrons. The quantitative estimate of drug-likeness (QED) is 0.339. The molecule has 0 rings (SSSR count). The predicted molar refractivity (Wildman–Crippen MR) is 61.7 cm³/mol. The highest BCUT2D eigenvalue weighted by molar-refractivity contribution is 5.87. The van der Waals surface area contributed by atoms with Crippen LogP contribution in [0.3, 0.4) is 0 Å². The van der Waals surface area contributed by atoms with Gasteiger partial charge in [0.25, 0.3) is 5.91 Å². The van der Waals surface area contributed by atoms with Gasteiger partial charge >= 0.3 is 0 Å². The summed E-state index contributed by atoms with van der Waals surface area (Å²) < 4.78 is 0. The summed E-state index contributed by atoms with van der Waals surface area (Å²) in [6.45, 7) is 5.46. The van der Waals surface area contributed by atoms with E-state index in [0.717, 1.165) is 12.6 Å². The van der Waals surface area contributed by atoms with Gasteiger partial charge in [-0.05, 0) is 18.7 Å². The zero-order valence-electron chi connectivity index (χ0n) is 8.73. The van der Waals surface area contributed by atoms with Crippen LogP contribution in [0.2, 0.25) is 0 Å². The van der Waals surface area contributed by atoms with Crippen LogP contribution in [0.5, 0.6) is 0 Å². The Balaban J connectivity index is 4.19. The summed E-state index contributed by atoms with van der Waals surface area (Å²) in [5, 5.41) is 0. The number of allylic oxidation sites excluding steroid dienone is 2. The summed E-state index contributed by atoms with van der Waals surface area (Å²) in [6, 6.07) is 0. The first-order valence-corrected chi connectivity index (χ1v) is 4.54. The lowest BCUT2D eigenvalue weighted by atomic mass is 10.4. The molecule has 0 saturated carbocycles. The monoisotopic (exact) mass is 208 g/mol. The first-order valence-electron chi connectivity index (χ1n) is 4.54. The van der Waals surface area contributed by atoms with E-state index in [1.165, 1.54) is 12.3 Å². The number of hydrogen-bond acceptors (Lipinski definition) is 4. The third kappa shape index (κ3) is 7.06. The van der Waals surface area contributed by atoms with E-state index in [1.54, 1.807) is 6.08 Å². The highest BCUT2D eigenvalue weighted by Crippen LogP contribution is 1.91. The van der Waals surface area contributed by atoms with Crippen molar-refractivity contribution in [2.45, 2.75) is 13.3 Å². The van der Waals surface area contributed by atoms with Gasteiger partial charge in [-0.1, -0.05) is 19.6 Å². The minimum Gasteiger partial charge on any atom is -0.404 e. The molecule has 0 aliphatic carbocycles. The topological polar surface area (TPSA) is 79.5 Å². The van der Waals surface area contributed by atoms with Crippen LogP contribution < -0.4 is 16.6 Å². The smallest absolute Gasteiger partial charge is 0.263 e. The van der Waals surface area contributed by atoms with Gasteiger partial charge in [0.15, 0.2) is 0 Å². The van der Waals surface area contributed by atoms with Crippen LogP contribution in [-0.4, -0.2) is 12.1 Å². The molecule has 0 spiro atoms. The van der Waals surface area contributed by atoms with Crippen molar-refractivity contribution in [3.05, 3.63) is 36.8 Å². The Labute approximate surface area is 89.4 Å². The Kier molecular flexibility index (Phi) is 7.39. The van der Waals surface area contributed by atoms with E-state index in [1.807, 2.05) is 13.0 Å². The van der Waals surface area contributed by atoms with Gasteiger partial charge in [-0.3, -0.25) is 15.6 Å². The molecule has 0 unspecified atom stereocenters. The fourth-order valence-electron chi connectivity index (χ4n) is 0.717. The second kappa shape index (κ2) is 8.55. The van der Waals surface area contributed by atoms with Gasteiger partial charge in [0, 0.05) is 12.3 Å². The summed E-state index contributed by atoms with van der Waals surface area (Å²) in [5.41, 5.74) is 10.1. The van der Waals surface area contributed by atoms with Gasteiger partial charge < -0.3 is 5.73 Å². The van der Waals surface area contributed by atoms with Crippen molar-refractivity contribution in [1.29, 1.82) is 0 Å². The predicted octanol–water partition coefficient (Wildman–Crippen LogP) is 0.588. The highest BCUT2D eigenvalue weighted by Gasteiger charge is 1.94. The molecule has 5 heteroatoms. The standard InChI is InChI=1S/C10H16N4O/c1-3-5-9(12-8-4-2)13-14-10(15)6-7-11/h4-8,13H,2-3,11H2,1H3,(H,14,15)/b7-6-,9-5+,12-8?. The molecule has 0 atom stereocenters. The SMILES string of the molecule is C=CC=N/C(=C\CC)NNC(=O)/C=C\N. The lowest BCUT2D eigenvalue weighted by Gasteiger charge is -2.05. The maximum absolute atomic E-state index is 11.0. The largest absolute Gasteiger partial charge is 0.404 e. The van der Waals surface area contributed by atoms with E-state index in [-0.39, 0.29) is 5.91 Å². The third-order valence-electron chi connectivity index (χ3n) is 1.28. The molecule has 4 N–H and O–H groups in total. The second-order valence-electron chi connectivity index (χ2n) is 2.48. The van der Waals surface area contributed by atoms with Gasteiger partial charge in [0.05, 0.1) is 0 Å². The average Bonchev–Trinajstić information content (AvgIpc) is 2.22. The molecule has 0 aromatic heterocycles. The van der Waals surface area contributed by atoms with Crippen LogP contribution in [0.1, 0.15) is 13.3 Å². The van der Waals surface area contributed by atoms with Crippen LogP contribution in [0.15, 0.2) is 41.8 Å². The van der Waals surface area contributed by atoms with Crippen molar-refractivity contribution in [2.24, 2.45) is 10.7 Å². The van der Waals surface area contributed by atoms with E-state index in [4.69, 9.17) is 5.73 Å². The molecular weight excluding hydrogens is 192 g/mol. The molecule has 0 aromatic rings. The summed E-state index contributed by atoms with van der Waals surface area (Å²) in [6.07, 6.45) is 8.07. The number of carbonyl (C=O) groups is 1. The molecule has 82 valence electrons. The van der Waals surface area contributed by atoms with E-state index >= 15 is 0 Å². The number of aliphatic imine (C=N–C) groups is 1. The van der Waals surface area contributed by atoms with Gasteiger partial charge in [0.1, 0.15) is 5.82 Å². The molecule has 0 aliphatic heterocycles. The molecule has 5 nitrogen and oxygen atoms in total. The van der Waals surface area contributed by atoms with Gasteiger partial charge in [-0.25, -0.2) is 4.99 Å². The van der Waals surface area contributed by atoms with E-state index < -0.39 is 0 Å². The maximum atomic E-state index is 11.0. The minimum atomic E-state index is -0.340.